The average molecular weight is 449 g/mol. The van der Waals surface area contributed by atoms with E-state index < -0.39 is 11.5 Å². The lowest BCUT2D eigenvalue weighted by molar-refractivity contribution is -0.150. The molecule has 2 aromatic carbocycles. The van der Waals surface area contributed by atoms with E-state index in [0.717, 1.165) is 16.7 Å². The Morgan fingerprint density at radius 2 is 1.82 bits per heavy atom. The Hall–Kier alpha value is -3.15. The summed E-state index contributed by atoms with van der Waals surface area (Å²) in [5, 5.41) is 2.96. The summed E-state index contributed by atoms with van der Waals surface area (Å²) in [4.78, 5) is 39.8. The summed E-state index contributed by atoms with van der Waals surface area (Å²) in [5.41, 5.74) is 3.96. The number of carbonyl (C=O) groups excluding carboxylic acids is 3. The molecule has 2 aliphatic rings. The lowest BCUT2D eigenvalue weighted by Gasteiger charge is -2.24. The second-order valence-corrected chi connectivity index (χ2v) is 9.84. The summed E-state index contributed by atoms with van der Waals surface area (Å²) in [6.07, 6.45) is 1.21. The maximum Gasteiger partial charge on any atom is 0.310 e. The number of nitrogens with zero attached hydrogens (tertiary/aromatic N) is 1. The van der Waals surface area contributed by atoms with Crippen LogP contribution in [-0.4, -0.2) is 47.9 Å². The van der Waals surface area contributed by atoms with Gasteiger partial charge in [0.15, 0.2) is 0 Å². The van der Waals surface area contributed by atoms with Crippen molar-refractivity contribution < 1.29 is 19.1 Å². The van der Waals surface area contributed by atoms with E-state index in [4.69, 9.17) is 4.74 Å². The van der Waals surface area contributed by atoms with Crippen LogP contribution < -0.4 is 5.32 Å². The second-order valence-electron chi connectivity index (χ2n) is 9.84. The summed E-state index contributed by atoms with van der Waals surface area (Å²) >= 11 is 0. The summed E-state index contributed by atoms with van der Waals surface area (Å²) < 4.78 is 5.38. The number of aryl methyl sites for hydroxylation is 1. The highest BCUT2D eigenvalue weighted by Crippen LogP contribution is 2.33. The van der Waals surface area contributed by atoms with Gasteiger partial charge in [-0.3, -0.25) is 14.4 Å². The van der Waals surface area contributed by atoms with Crippen LogP contribution in [0.4, 0.5) is 0 Å². The Morgan fingerprint density at radius 3 is 2.52 bits per heavy atom. The number of ether oxygens (including phenoxy) is 1. The maximum absolute atomic E-state index is 13.1. The number of hydrogen-bond acceptors (Lipinski definition) is 4. The summed E-state index contributed by atoms with van der Waals surface area (Å²) in [7, 11) is 0. The van der Waals surface area contributed by atoms with E-state index in [0.29, 0.717) is 32.5 Å². The summed E-state index contributed by atoms with van der Waals surface area (Å²) in [6.45, 7) is 7.01. The molecule has 6 heteroatoms. The van der Waals surface area contributed by atoms with Gasteiger partial charge in [0.1, 0.15) is 5.60 Å². The van der Waals surface area contributed by atoms with Gasteiger partial charge in [-0.25, -0.2) is 0 Å². The van der Waals surface area contributed by atoms with Gasteiger partial charge >= 0.3 is 5.97 Å². The third-order valence-corrected chi connectivity index (χ3v) is 6.56. The molecule has 2 aromatic rings. The molecule has 4 rings (SSSR count). The summed E-state index contributed by atoms with van der Waals surface area (Å²) in [5.74, 6) is -1.20. The van der Waals surface area contributed by atoms with E-state index in [1.807, 2.05) is 26.0 Å². The smallest absolute Gasteiger partial charge is 0.310 e. The van der Waals surface area contributed by atoms with E-state index in [1.54, 1.807) is 4.90 Å². The molecule has 0 aromatic heterocycles. The molecule has 1 N–H and O–H groups in total. The molecule has 2 saturated heterocycles. The van der Waals surface area contributed by atoms with Crippen LogP contribution in [0.25, 0.3) is 11.1 Å². The second kappa shape index (κ2) is 9.38. The predicted octanol–water partition coefficient (Wildman–Crippen LogP) is 3.51. The third kappa shape index (κ3) is 5.44. The first kappa shape index (κ1) is 23.0. The highest BCUT2D eigenvalue weighted by Gasteiger charge is 2.41. The molecule has 2 aliphatic heterocycles. The first-order chi connectivity index (χ1) is 15.7. The number of nitrogens with one attached hydrogen (secondary N) is 1. The number of benzene rings is 2. The van der Waals surface area contributed by atoms with Crippen LogP contribution in [0.2, 0.25) is 0 Å². The van der Waals surface area contributed by atoms with Crippen molar-refractivity contribution in [2.45, 2.75) is 45.6 Å². The molecule has 0 aliphatic carbocycles. The van der Waals surface area contributed by atoms with Crippen LogP contribution in [0.5, 0.6) is 0 Å². The lowest BCUT2D eigenvalue weighted by atomic mass is 9.91. The molecule has 0 unspecified atom stereocenters. The first-order valence-electron chi connectivity index (χ1n) is 11.6. The number of carbonyl (C=O) groups is 3. The van der Waals surface area contributed by atoms with Crippen LogP contribution in [0.3, 0.4) is 0 Å². The fraction of sp³-hybridized carbons (Fsp3) is 0.444. The minimum atomic E-state index is -0.527. The fourth-order valence-electron chi connectivity index (χ4n) is 4.83. The lowest BCUT2D eigenvalue weighted by Crippen LogP contribution is -2.38. The normalized spacial score (nSPS) is 22.5. The number of esters is 1. The monoisotopic (exact) mass is 448 g/mol. The zero-order chi connectivity index (χ0) is 23.6. The highest BCUT2D eigenvalue weighted by molar-refractivity contribution is 5.86. The number of cyclic esters (lactones) is 1. The molecule has 6 nitrogen and oxygen atoms in total. The van der Waals surface area contributed by atoms with Crippen molar-refractivity contribution in [2.75, 3.05) is 19.6 Å². The Labute approximate surface area is 195 Å². The van der Waals surface area contributed by atoms with Gasteiger partial charge in [0, 0.05) is 32.5 Å². The van der Waals surface area contributed by atoms with Crippen molar-refractivity contribution in [3.05, 3.63) is 59.7 Å². The molecule has 174 valence electrons. The minimum Gasteiger partial charge on any atom is -0.459 e. The maximum atomic E-state index is 13.1. The Kier molecular flexibility index (Phi) is 6.54. The van der Waals surface area contributed by atoms with Gasteiger partial charge in [0.2, 0.25) is 11.8 Å². The van der Waals surface area contributed by atoms with E-state index in [2.05, 4.69) is 48.6 Å². The molecular formula is C27H32N2O4. The van der Waals surface area contributed by atoms with Gasteiger partial charge in [-0.05, 0) is 43.9 Å². The van der Waals surface area contributed by atoms with Crippen molar-refractivity contribution in [1.29, 1.82) is 0 Å². The molecule has 2 heterocycles. The van der Waals surface area contributed by atoms with Crippen molar-refractivity contribution in [3.63, 3.8) is 0 Å². The van der Waals surface area contributed by atoms with Gasteiger partial charge < -0.3 is 15.0 Å². The van der Waals surface area contributed by atoms with Gasteiger partial charge in [-0.15, -0.1) is 0 Å². The van der Waals surface area contributed by atoms with E-state index in [9.17, 15) is 14.4 Å². The molecule has 0 spiro atoms. The van der Waals surface area contributed by atoms with Crippen molar-refractivity contribution >= 4 is 17.8 Å². The molecule has 0 bridgehead atoms. The Bertz CT molecular complexity index is 1040. The van der Waals surface area contributed by atoms with Crippen molar-refractivity contribution in [1.82, 2.24) is 10.2 Å². The highest BCUT2D eigenvalue weighted by atomic mass is 16.6. The Balaban J connectivity index is 1.49. The molecule has 2 atom stereocenters. The molecule has 2 fully saturated rings. The zero-order valence-electron chi connectivity index (χ0n) is 19.6. The minimum absolute atomic E-state index is 0.0366. The number of rotatable bonds is 5. The molecule has 33 heavy (non-hydrogen) atoms. The predicted molar refractivity (Wildman–Crippen MR) is 126 cm³/mol. The molecule has 0 radical (unpaired) electrons. The Morgan fingerprint density at radius 1 is 1.09 bits per heavy atom. The van der Waals surface area contributed by atoms with Crippen LogP contribution in [0.15, 0.2) is 48.5 Å². The zero-order valence-corrected chi connectivity index (χ0v) is 19.6. The third-order valence-electron chi connectivity index (χ3n) is 6.56. The van der Waals surface area contributed by atoms with Crippen LogP contribution >= 0.6 is 0 Å². The molecular weight excluding hydrogens is 416 g/mol. The van der Waals surface area contributed by atoms with Gasteiger partial charge in [-0.2, -0.15) is 0 Å². The SMILES string of the molecule is Cc1ccc(-c2ccccc2C[C@@H]2CN(C(=O)C[C@H]3CC(C)(C)OC3=O)CCNC2=O)cc1. The standard InChI is InChI=1S/C27H32N2O4/c1-18-8-10-19(11-9-18)23-7-5-4-6-20(23)14-22-17-29(13-12-28-25(22)31)24(30)15-21-16-27(2,3)33-26(21)32/h4-11,21-22H,12-17H2,1-3H3,(H,28,31)/t21-,22+/m0/s1. The average Bonchev–Trinajstić information content (AvgIpc) is 2.91. The quantitative estimate of drug-likeness (QED) is 0.711. The van der Waals surface area contributed by atoms with Gasteiger partial charge in [-0.1, -0.05) is 54.1 Å². The number of hydrogen-bond donors (Lipinski definition) is 1. The van der Waals surface area contributed by atoms with Crippen LogP contribution in [0.1, 0.15) is 37.8 Å². The van der Waals surface area contributed by atoms with Crippen molar-refractivity contribution in [3.8, 4) is 11.1 Å². The number of amides is 2. The van der Waals surface area contributed by atoms with Crippen molar-refractivity contribution in [2.24, 2.45) is 11.8 Å². The topological polar surface area (TPSA) is 75.7 Å². The summed E-state index contributed by atoms with van der Waals surface area (Å²) in [6, 6.07) is 16.5. The molecule has 2 amide bonds. The van der Waals surface area contributed by atoms with Crippen LogP contribution in [-0.2, 0) is 25.5 Å². The fourth-order valence-corrected chi connectivity index (χ4v) is 4.83. The van der Waals surface area contributed by atoms with E-state index in [-0.39, 0.29) is 30.1 Å². The van der Waals surface area contributed by atoms with Gasteiger partial charge in [0.25, 0.3) is 0 Å². The first-order valence-corrected chi connectivity index (χ1v) is 11.6. The van der Waals surface area contributed by atoms with Gasteiger partial charge in [0.05, 0.1) is 11.8 Å². The van der Waals surface area contributed by atoms with Crippen LogP contribution in [0, 0.1) is 18.8 Å². The largest absolute Gasteiger partial charge is 0.459 e. The van der Waals surface area contributed by atoms with E-state index in [1.165, 1.54) is 5.56 Å². The van der Waals surface area contributed by atoms with E-state index >= 15 is 0 Å². The molecule has 0 saturated carbocycles.